The molecular weight excluding hydrogens is 256 g/mol. The fourth-order valence-electron chi connectivity index (χ4n) is 2.31. The molecule has 0 saturated heterocycles. The summed E-state index contributed by atoms with van der Waals surface area (Å²) in [4.78, 5) is 34.8. The highest BCUT2D eigenvalue weighted by atomic mass is 16.1. The number of aromatic nitrogens is 3. The quantitative estimate of drug-likeness (QED) is 0.697. The molecule has 6 nitrogen and oxygen atoms in total. The van der Waals surface area contributed by atoms with Gasteiger partial charge in [0.1, 0.15) is 17.1 Å². The van der Waals surface area contributed by atoms with Crippen LogP contribution >= 0.6 is 0 Å². The number of ketones is 2. The summed E-state index contributed by atoms with van der Waals surface area (Å²) in [6.07, 6.45) is 4.63. The van der Waals surface area contributed by atoms with Crippen molar-refractivity contribution in [2.45, 2.75) is 6.54 Å². The smallest absolute Gasteiger partial charge is 0.230 e. The number of carbonyl (C=O) groups is 2. The SMILES string of the molecule is CN(C)CCn1ccc2c1C(=O)c1nccnc1C2=O. The molecular formula is C14H14N4O2. The maximum Gasteiger partial charge on any atom is 0.230 e. The van der Waals surface area contributed by atoms with E-state index in [0.717, 1.165) is 6.54 Å². The molecule has 1 aliphatic rings. The van der Waals surface area contributed by atoms with Crippen molar-refractivity contribution < 1.29 is 9.59 Å². The number of hydrogen-bond donors (Lipinski definition) is 0. The van der Waals surface area contributed by atoms with Crippen LogP contribution in [-0.2, 0) is 6.54 Å². The van der Waals surface area contributed by atoms with Gasteiger partial charge in [0.05, 0.1) is 5.56 Å². The monoisotopic (exact) mass is 270 g/mol. The van der Waals surface area contributed by atoms with E-state index in [4.69, 9.17) is 0 Å². The van der Waals surface area contributed by atoms with Crippen LogP contribution in [0.5, 0.6) is 0 Å². The summed E-state index contributed by atoms with van der Waals surface area (Å²) in [6.45, 7) is 1.44. The molecule has 0 N–H and O–H groups in total. The highest BCUT2D eigenvalue weighted by molar-refractivity contribution is 6.26. The van der Waals surface area contributed by atoms with Crippen LogP contribution in [-0.4, -0.2) is 51.6 Å². The summed E-state index contributed by atoms with van der Waals surface area (Å²) < 4.78 is 1.81. The van der Waals surface area contributed by atoms with Gasteiger partial charge < -0.3 is 9.47 Å². The maximum absolute atomic E-state index is 12.5. The molecule has 0 radical (unpaired) electrons. The molecule has 6 heteroatoms. The minimum Gasteiger partial charge on any atom is -0.343 e. The van der Waals surface area contributed by atoms with Crippen LogP contribution in [0.15, 0.2) is 24.7 Å². The zero-order valence-corrected chi connectivity index (χ0v) is 11.3. The first-order chi connectivity index (χ1) is 9.59. The van der Waals surface area contributed by atoms with E-state index in [1.54, 1.807) is 12.3 Å². The molecule has 1 aliphatic carbocycles. The van der Waals surface area contributed by atoms with Gasteiger partial charge in [-0.05, 0) is 20.2 Å². The molecule has 0 bridgehead atoms. The predicted octanol–water partition coefficient (Wildman–Crippen LogP) is 0.615. The highest BCUT2D eigenvalue weighted by Gasteiger charge is 2.34. The average molecular weight is 270 g/mol. The summed E-state index contributed by atoms with van der Waals surface area (Å²) in [7, 11) is 3.92. The van der Waals surface area contributed by atoms with Gasteiger partial charge in [-0.3, -0.25) is 9.59 Å². The van der Waals surface area contributed by atoms with Gasteiger partial charge in [0.2, 0.25) is 11.6 Å². The molecule has 2 aromatic rings. The van der Waals surface area contributed by atoms with Crippen molar-refractivity contribution in [1.82, 2.24) is 19.4 Å². The Morgan fingerprint density at radius 2 is 1.75 bits per heavy atom. The molecule has 0 unspecified atom stereocenters. The van der Waals surface area contributed by atoms with Crippen molar-refractivity contribution >= 4 is 11.6 Å². The van der Waals surface area contributed by atoms with Gasteiger partial charge in [0.15, 0.2) is 0 Å². The molecule has 0 saturated carbocycles. The van der Waals surface area contributed by atoms with Gasteiger partial charge in [-0.15, -0.1) is 0 Å². The molecule has 0 spiro atoms. The van der Waals surface area contributed by atoms with E-state index in [0.29, 0.717) is 17.8 Å². The summed E-state index contributed by atoms with van der Waals surface area (Å²) in [6, 6.07) is 1.68. The van der Waals surface area contributed by atoms with Crippen LogP contribution in [0, 0.1) is 0 Å². The zero-order chi connectivity index (χ0) is 14.3. The van der Waals surface area contributed by atoms with Crippen LogP contribution in [0.1, 0.15) is 32.2 Å². The minimum atomic E-state index is -0.230. The summed E-state index contributed by atoms with van der Waals surface area (Å²) in [5, 5.41) is 0. The van der Waals surface area contributed by atoms with Gasteiger partial charge in [-0.25, -0.2) is 9.97 Å². The van der Waals surface area contributed by atoms with E-state index < -0.39 is 0 Å². The topological polar surface area (TPSA) is 68.1 Å². The van der Waals surface area contributed by atoms with Crippen molar-refractivity contribution in [3.05, 3.63) is 47.3 Å². The number of fused-ring (bicyclic) bond motifs is 2. The Morgan fingerprint density at radius 1 is 1.10 bits per heavy atom. The molecule has 0 fully saturated rings. The summed E-state index contributed by atoms with van der Waals surface area (Å²) in [5.74, 6) is -0.460. The van der Waals surface area contributed by atoms with Gasteiger partial charge in [-0.1, -0.05) is 0 Å². The molecule has 2 heterocycles. The molecule has 0 amide bonds. The second-order valence-corrected chi connectivity index (χ2v) is 4.99. The van der Waals surface area contributed by atoms with E-state index in [-0.39, 0.29) is 23.0 Å². The van der Waals surface area contributed by atoms with E-state index in [1.165, 1.54) is 12.4 Å². The first-order valence-electron chi connectivity index (χ1n) is 6.34. The molecule has 0 atom stereocenters. The molecule has 102 valence electrons. The fourth-order valence-corrected chi connectivity index (χ4v) is 2.31. The van der Waals surface area contributed by atoms with Crippen LogP contribution in [0.25, 0.3) is 0 Å². The molecule has 0 aromatic carbocycles. The minimum absolute atomic E-state index is 0.148. The van der Waals surface area contributed by atoms with Gasteiger partial charge >= 0.3 is 0 Å². The van der Waals surface area contributed by atoms with E-state index >= 15 is 0 Å². The fraction of sp³-hybridized carbons (Fsp3) is 0.286. The third-order valence-electron chi connectivity index (χ3n) is 3.34. The van der Waals surface area contributed by atoms with E-state index in [2.05, 4.69) is 9.97 Å². The molecule has 2 aromatic heterocycles. The van der Waals surface area contributed by atoms with Crippen LogP contribution in [0.4, 0.5) is 0 Å². The van der Waals surface area contributed by atoms with Crippen LogP contribution < -0.4 is 0 Å². The second kappa shape index (κ2) is 4.64. The number of hydrogen-bond acceptors (Lipinski definition) is 5. The Balaban J connectivity index is 2.06. The lowest BCUT2D eigenvalue weighted by atomic mass is 9.95. The number of rotatable bonds is 3. The molecule has 0 aliphatic heterocycles. The van der Waals surface area contributed by atoms with Gasteiger partial charge in [-0.2, -0.15) is 0 Å². The first kappa shape index (κ1) is 12.7. The Kier molecular flexibility index (Phi) is 2.94. The standard InChI is InChI=1S/C14H14N4O2/c1-17(2)7-8-18-6-3-9-12(18)14(20)11-10(13(9)19)15-4-5-16-11/h3-6H,7-8H2,1-2H3. The van der Waals surface area contributed by atoms with Crippen molar-refractivity contribution in [1.29, 1.82) is 0 Å². The van der Waals surface area contributed by atoms with Gasteiger partial charge in [0.25, 0.3) is 0 Å². The summed E-state index contributed by atoms with van der Waals surface area (Å²) >= 11 is 0. The first-order valence-corrected chi connectivity index (χ1v) is 6.34. The van der Waals surface area contributed by atoms with Crippen LogP contribution in [0.3, 0.4) is 0 Å². The number of nitrogens with zero attached hydrogens (tertiary/aromatic N) is 4. The van der Waals surface area contributed by atoms with Crippen molar-refractivity contribution in [2.75, 3.05) is 20.6 Å². The Bertz CT molecular complexity index is 703. The third kappa shape index (κ3) is 1.85. The Hall–Kier alpha value is -2.34. The Labute approximate surface area is 116 Å². The van der Waals surface area contributed by atoms with Gasteiger partial charge in [0, 0.05) is 31.7 Å². The zero-order valence-electron chi connectivity index (χ0n) is 11.3. The highest BCUT2D eigenvalue weighted by Crippen LogP contribution is 2.25. The average Bonchev–Trinajstić information content (AvgIpc) is 2.87. The lowest BCUT2D eigenvalue weighted by molar-refractivity contribution is 0.0965. The normalized spacial score (nSPS) is 13.6. The predicted molar refractivity (Wildman–Crippen MR) is 71.9 cm³/mol. The Morgan fingerprint density at radius 3 is 2.40 bits per heavy atom. The van der Waals surface area contributed by atoms with Crippen molar-refractivity contribution in [3.63, 3.8) is 0 Å². The van der Waals surface area contributed by atoms with E-state index in [1.807, 2.05) is 23.6 Å². The number of carbonyl (C=O) groups excluding carboxylic acids is 2. The maximum atomic E-state index is 12.5. The second-order valence-electron chi connectivity index (χ2n) is 4.99. The van der Waals surface area contributed by atoms with Crippen LogP contribution in [0.2, 0.25) is 0 Å². The molecule has 20 heavy (non-hydrogen) atoms. The van der Waals surface area contributed by atoms with Crippen molar-refractivity contribution in [3.8, 4) is 0 Å². The largest absolute Gasteiger partial charge is 0.343 e. The number of likely N-dealkylation sites (N-methyl/N-ethyl adjacent to an activating group) is 1. The summed E-state index contributed by atoms with van der Waals surface area (Å²) in [5.41, 5.74) is 1.14. The van der Waals surface area contributed by atoms with E-state index in [9.17, 15) is 9.59 Å². The third-order valence-corrected chi connectivity index (χ3v) is 3.34. The lowest BCUT2D eigenvalue weighted by Gasteiger charge is -2.16. The van der Waals surface area contributed by atoms with Crippen molar-refractivity contribution in [2.24, 2.45) is 0 Å². The lowest BCUT2D eigenvalue weighted by Crippen LogP contribution is -2.27. The molecule has 3 rings (SSSR count).